The Morgan fingerprint density at radius 3 is 2.90 bits per heavy atom. The summed E-state index contributed by atoms with van der Waals surface area (Å²) >= 11 is 0. The van der Waals surface area contributed by atoms with E-state index in [1.165, 1.54) is 0 Å². The molecule has 0 aliphatic carbocycles. The van der Waals surface area contributed by atoms with E-state index in [-0.39, 0.29) is 12.0 Å². The Kier molecular flexibility index (Phi) is 3.51. The van der Waals surface area contributed by atoms with Gasteiger partial charge in [0.25, 0.3) is 5.91 Å². The number of carbonyl (C=O) groups excluding carboxylic acids is 1. The van der Waals surface area contributed by atoms with Gasteiger partial charge in [-0.05, 0) is 19.1 Å². The van der Waals surface area contributed by atoms with Crippen LogP contribution in [0.2, 0.25) is 0 Å². The molecule has 2 aromatic rings. The summed E-state index contributed by atoms with van der Waals surface area (Å²) in [7, 11) is 1.81. The van der Waals surface area contributed by atoms with Gasteiger partial charge in [0.15, 0.2) is 11.5 Å². The topological polar surface area (TPSA) is 65.4 Å². The summed E-state index contributed by atoms with van der Waals surface area (Å²) < 4.78 is 13.1. The van der Waals surface area contributed by atoms with Crippen LogP contribution in [-0.4, -0.2) is 34.9 Å². The third kappa shape index (κ3) is 2.69. The molecular weight excluding hydrogens is 270 g/mol. The molecule has 110 valence electrons. The normalized spacial score (nSPS) is 16.6. The zero-order valence-corrected chi connectivity index (χ0v) is 12.0. The quantitative estimate of drug-likeness (QED) is 0.924. The Morgan fingerprint density at radius 1 is 1.43 bits per heavy atom. The number of rotatable bonds is 3. The van der Waals surface area contributed by atoms with Crippen molar-refractivity contribution in [1.29, 1.82) is 0 Å². The summed E-state index contributed by atoms with van der Waals surface area (Å²) in [6, 6.07) is 7.51. The van der Waals surface area contributed by atoms with E-state index in [0.717, 1.165) is 11.4 Å². The van der Waals surface area contributed by atoms with Crippen molar-refractivity contribution in [2.75, 3.05) is 13.2 Å². The second-order valence-corrected chi connectivity index (χ2v) is 4.97. The molecule has 0 unspecified atom stereocenters. The van der Waals surface area contributed by atoms with Crippen molar-refractivity contribution in [1.82, 2.24) is 15.1 Å². The van der Waals surface area contributed by atoms with E-state index in [2.05, 4.69) is 10.4 Å². The van der Waals surface area contributed by atoms with Gasteiger partial charge in [0, 0.05) is 12.7 Å². The number of aromatic nitrogens is 2. The van der Waals surface area contributed by atoms with Gasteiger partial charge >= 0.3 is 0 Å². The van der Waals surface area contributed by atoms with Crippen LogP contribution in [0.15, 0.2) is 30.5 Å². The summed E-state index contributed by atoms with van der Waals surface area (Å²) in [5.41, 5.74) is 1.41. The number of para-hydroxylation sites is 2. The van der Waals surface area contributed by atoms with Crippen LogP contribution in [0, 0.1) is 6.92 Å². The molecule has 6 nitrogen and oxygen atoms in total. The number of hydrogen-bond donors (Lipinski definition) is 1. The number of amides is 1. The minimum absolute atomic E-state index is 0.150. The monoisotopic (exact) mass is 287 g/mol. The van der Waals surface area contributed by atoms with Crippen LogP contribution in [0.3, 0.4) is 0 Å². The van der Waals surface area contributed by atoms with Crippen molar-refractivity contribution in [3.05, 3.63) is 41.7 Å². The highest BCUT2D eigenvalue weighted by molar-refractivity contribution is 5.95. The van der Waals surface area contributed by atoms with Gasteiger partial charge in [-0.2, -0.15) is 5.10 Å². The van der Waals surface area contributed by atoms with Crippen LogP contribution < -0.4 is 14.8 Å². The average Bonchev–Trinajstić information content (AvgIpc) is 2.84. The highest BCUT2D eigenvalue weighted by Crippen LogP contribution is 2.30. The first-order chi connectivity index (χ1) is 10.1. The minimum Gasteiger partial charge on any atom is -0.486 e. The maximum absolute atomic E-state index is 12.1. The van der Waals surface area contributed by atoms with Crippen LogP contribution in [0.25, 0.3) is 0 Å². The fourth-order valence-electron chi connectivity index (χ4n) is 2.19. The van der Waals surface area contributed by atoms with Crippen LogP contribution in [0.4, 0.5) is 0 Å². The van der Waals surface area contributed by atoms with Gasteiger partial charge in [-0.3, -0.25) is 9.48 Å². The van der Waals surface area contributed by atoms with Crippen molar-refractivity contribution in [2.24, 2.45) is 7.05 Å². The predicted molar refractivity (Wildman–Crippen MR) is 76.6 cm³/mol. The standard InChI is InChI=1S/C15H17N3O3/c1-10-12(8-17-18(10)2)15(19)16-7-11-9-20-13-5-3-4-6-14(13)21-11/h3-6,8,11H,7,9H2,1-2H3,(H,16,19)/t11-/m0/s1. The summed E-state index contributed by atoms with van der Waals surface area (Å²) in [4.78, 5) is 12.1. The average molecular weight is 287 g/mol. The van der Waals surface area contributed by atoms with E-state index in [1.54, 1.807) is 17.9 Å². The largest absolute Gasteiger partial charge is 0.486 e. The maximum atomic E-state index is 12.1. The Hall–Kier alpha value is -2.50. The molecule has 1 N–H and O–H groups in total. The predicted octanol–water partition coefficient (Wildman–Crippen LogP) is 1.30. The number of carbonyl (C=O) groups is 1. The molecule has 1 aliphatic rings. The first-order valence-corrected chi connectivity index (χ1v) is 6.80. The first kappa shape index (κ1) is 13.5. The second kappa shape index (κ2) is 5.47. The molecule has 6 heteroatoms. The van der Waals surface area contributed by atoms with E-state index in [4.69, 9.17) is 9.47 Å². The fraction of sp³-hybridized carbons (Fsp3) is 0.333. The van der Waals surface area contributed by atoms with E-state index >= 15 is 0 Å². The van der Waals surface area contributed by atoms with Gasteiger partial charge in [-0.15, -0.1) is 0 Å². The fourth-order valence-corrected chi connectivity index (χ4v) is 2.19. The van der Waals surface area contributed by atoms with Crippen LogP contribution >= 0.6 is 0 Å². The van der Waals surface area contributed by atoms with Gasteiger partial charge in [0.2, 0.25) is 0 Å². The number of nitrogens with one attached hydrogen (secondary N) is 1. The maximum Gasteiger partial charge on any atom is 0.254 e. The van der Waals surface area contributed by atoms with E-state index < -0.39 is 0 Å². The molecule has 1 amide bonds. The first-order valence-electron chi connectivity index (χ1n) is 6.80. The van der Waals surface area contributed by atoms with Gasteiger partial charge in [0.1, 0.15) is 12.7 Å². The summed E-state index contributed by atoms with van der Waals surface area (Å²) in [5.74, 6) is 1.30. The Balaban J connectivity index is 1.59. The lowest BCUT2D eigenvalue weighted by Gasteiger charge is -2.26. The van der Waals surface area contributed by atoms with Crippen LogP contribution in [0.1, 0.15) is 16.1 Å². The number of aryl methyl sites for hydroxylation is 1. The Labute approximate surface area is 122 Å². The molecule has 0 fully saturated rings. The molecule has 0 saturated heterocycles. The molecule has 1 aromatic heterocycles. The zero-order valence-electron chi connectivity index (χ0n) is 12.0. The lowest BCUT2D eigenvalue weighted by molar-refractivity contribution is 0.0789. The third-order valence-electron chi connectivity index (χ3n) is 3.54. The van der Waals surface area contributed by atoms with Crippen molar-refractivity contribution in [2.45, 2.75) is 13.0 Å². The van der Waals surface area contributed by atoms with Crippen molar-refractivity contribution in [3.8, 4) is 11.5 Å². The van der Waals surface area contributed by atoms with Gasteiger partial charge in [-0.25, -0.2) is 0 Å². The highest BCUT2D eigenvalue weighted by atomic mass is 16.6. The Bertz CT molecular complexity index is 666. The molecule has 2 heterocycles. The molecule has 3 rings (SSSR count). The molecule has 1 atom stereocenters. The van der Waals surface area contributed by atoms with Gasteiger partial charge < -0.3 is 14.8 Å². The van der Waals surface area contributed by atoms with Crippen molar-refractivity contribution < 1.29 is 14.3 Å². The number of fused-ring (bicyclic) bond motifs is 1. The van der Waals surface area contributed by atoms with Crippen LogP contribution in [0.5, 0.6) is 11.5 Å². The highest BCUT2D eigenvalue weighted by Gasteiger charge is 2.22. The molecule has 21 heavy (non-hydrogen) atoms. The SMILES string of the molecule is Cc1c(C(=O)NC[C@H]2COc3ccccc3O2)cnn1C. The molecule has 0 spiro atoms. The molecule has 0 bridgehead atoms. The molecule has 0 radical (unpaired) electrons. The number of ether oxygens (including phenoxy) is 2. The molecule has 0 saturated carbocycles. The zero-order chi connectivity index (χ0) is 14.8. The molecule has 1 aromatic carbocycles. The molecule has 1 aliphatic heterocycles. The van der Waals surface area contributed by atoms with E-state index in [1.807, 2.05) is 31.2 Å². The lowest BCUT2D eigenvalue weighted by atomic mass is 10.2. The minimum atomic E-state index is -0.194. The smallest absolute Gasteiger partial charge is 0.254 e. The van der Waals surface area contributed by atoms with Gasteiger partial charge in [0.05, 0.1) is 18.3 Å². The van der Waals surface area contributed by atoms with E-state index in [0.29, 0.717) is 24.5 Å². The van der Waals surface area contributed by atoms with Crippen molar-refractivity contribution >= 4 is 5.91 Å². The van der Waals surface area contributed by atoms with Crippen LogP contribution in [-0.2, 0) is 7.05 Å². The molecular formula is C15H17N3O3. The summed E-state index contributed by atoms with van der Waals surface area (Å²) in [6.07, 6.45) is 1.37. The summed E-state index contributed by atoms with van der Waals surface area (Å²) in [5, 5.41) is 6.92. The van der Waals surface area contributed by atoms with E-state index in [9.17, 15) is 4.79 Å². The lowest BCUT2D eigenvalue weighted by Crippen LogP contribution is -2.40. The number of benzene rings is 1. The van der Waals surface area contributed by atoms with Crippen molar-refractivity contribution in [3.63, 3.8) is 0 Å². The summed E-state index contributed by atoms with van der Waals surface area (Å²) in [6.45, 7) is 2.67. The van der Waals surface area contributed by atoms with Gasteiger partial charge in [-0.1, -0.05) is 12.1 Å². The Morgan fingerprint density at radius 2 is 2.19 bits per heavy atom. The number of hydrogen-bond acceptors (Lipinski definition) is 4. The second-order valence-electron chi connectivity index (χ2n) is 4.97. The third-order valence-corrected chi connectivity index (χ3v) is 3.54. The number of nitrogens with zero attached hydrogens (tertiary/aromatic N) is 2.